The van der Waals surface area contributed by atoms with E-state index >= 15 is 0 Å². The van der Waals surface area contributed by atoms with E-state index in [9.17, 15) is 19.8 Å². The van der Waals surface area contributed by atoms with E-state index < -0.39 is 18.2 Å². The molecule has 0 heterocycles. The predicted molar refractivity (Wildman–Crippen MR) is 115 cm³/mol. The molecule has 3 rings (SSSR count). The van der Waals surface area contributed by atoms with Crippen LogP contribution in [0.3, 0.4) is 0 Å². The van der Waals surface area contributed by atoms with Gasteiger partial charge in [0.1, 0.15) is 5.78 Å². The van der Waals surface area contributed by atoms with Crippen LogP contribution >= 0.6 is 0 Å². The minimum atomic E-state index is -0.797. The fourth-order valence-electron chi connectivity index (χ4n) is 5.05. The van der Waals surface area contributed by atoms with Gasteiger partial charge in [-0.3, -0.25) is 9.59 Å². The fourth-order valence-corrected chi connectivity index (χ4v) is 5.05. The topological polar surface area (TPSA) is 94.8 Å². The van der Waals surface area contributed by atoms with Crippen molar-refractivity contribution in [3.8, 4) is 0 Å². The van der Waals surface area contributed by atoms with Gasteiger partial charge in [0, 0.05) is 24.7 Å². The molecule has 2 aliphatic carbocycles. The molecule has 164 valence electrons. The van der Waals surface area contributed by atoms with E-state index in [0.717, 1.165) is 24.0 Å². The highest BCUT2D eigenvalue weighted by molar-refractivity contribution is 5.85. The van der Waals surface area contributed by atoms with Crippen LogP contribution in [0, 0.1) is 11.8 Å². The standard InChI is InChI=1S/C25H34O5/c26-21-16-22(27)24(20(21)10-6-1-2-7-11-23(28)29)17-12-14-19(15-13-17)25(30)18-8-4-3-5-9-18/h1,6,12-15,18,20,22,24-25,27,30H,2-5,7-11,16H2,(H,28,29)/b6-1-/t20-,22+,24+,25?/m0/s1. The number of benzene rings is 1. The summed E-state index contributed by atoms with van der Waals surface area (Å²) in [7, 11) is 0. The summed E-state index contributed by atoms with van der Waals surface area (Å²) < 4.78 is 0. The molecule has 30 heavy (non-hydrogen) atoms. The highest BCUT2D eigenvalue weighted by atomic mass is 16.4. The molecule has 0 amide bonds. The molecule has 5 heteroatoms. The Bertz CT molecular complexity index is 732. The summed E-state index contributed by atoms with van der Waals surface area (Å²) in [4.78, 5) is 23.0. The van der Waals surface area contributed by atoms with Crippen molar-refractivity contribution >= 4 is 11.8 Å². The Morgan fingerprint density at radius 2 is 1.80 bits per heavy atom. The zero-order valence-electron chi connectivity index (χ0n) is 17.6. The summed E-state index contributed by atoms with van der Waals surface area (Å²) in [6, 6.07) is 7.81. The van der Waals surface area contributed by atoms with Gasteiger partial charge in [-0.25, -0.2) is 0 Å². The lowest BCUT2D eigenvalue weighted by Crippen LogP contribution is -2.19. The molecule has 1 aromatic carbocycles. The van der Waals surface area contributed by atoms with Crippen LogP contribution in [0.1, 0.15) is 87.4 Å². The summed E-state index contributed by atoms with van der Waals surface area (Å²) in [5, 5.41) is 29.9. The van der Waals surface area contributed by atoms with Crippen molar-refractivity contribution in [3.63, 3.8) is 0 Å². The van der Waals surface area contributed by atoms with Crippen LogP contribution in [0.4, 0.5) is 0 Å². The first-order chi connectivity index (χ1) is 14.5. The highest BCUT2D eigenvalue weighted by Crippen LogP contribution is 2.41. The van der Waals surface area contributed by atoms with Crippen molar-refractivity contribution in [1.29, 1.82) is 0 Å². The normalized spacial score (nSPS) is 26.3. The number of ketones is 1. The van der Waals surface area contributed by atoms with Crippen molar-refractivity contribution in [3.05, 3.63) is 47.5 Å². The molecule has 0 radical (unpaired) electrons. The van der Waals surface area contributed by atoms with Crippen LogP contribution in [-0.4, -0.2) is 33.2 Å². The van der Waals surface area contributed by atoms with E-state index in [0.29, 0.717) is 25.2 Å². The Balaban J connectivity index is 1.62. The number of hydrogen-bond acceptors (Lipinski definition) is 4. The number of aliphatic hydroxyl groups excluding tert-OH is 2. The molecule has 1 aromatic rings. The molecule has 5 nitrogen and oxygen atoms in total. The second kappa shape index (κ2) is 10.9. The van der Waals surface area contributed by atoms with Gasteiger partial charge in [0.15, 0.2) is 0 Å². The molecular formula is C25H34O5. The highest BCUT2D eigenvalue weighted by Gasteiger charge is 2.41. The second-order valence-corrected chi connectivity index (χ2v) is 8.87. The minimum absolute atomic E-state index is 0.0778. The zero-order chi connectivity index (χ0) is 21.5. The lowest BCUT2D eigenvalue weighted by molar-refractivity contribution is -0.137. The number of aliphatic carboxylic acids is 1. The number of carbonyl (C=O) groups excluding carboxylic acids is 1. The largest absolute Gasteiger partial charge is 0.481 e. The Labute approximate surface area is 178 Å². The van der Waals surface area contributed by atoms with Gasteiger partial charge in [-0.2, -0.15) is 0 Å². The van der Waals surface area contributed by atoms with Gasteiger partial charge in [-0.15, -0.1) is 0 Å². The third-order valence-corrected chi connectivity index (χ3v) is 6.75. The minimum Gasteiger partial charge on any atom is -0.481 e. The number of carboxylic acids is 1. The summed E-state index contributed by atoms with van der Waals surface area (Å²) >= 11 is 0. The van der Waals surface area contributed by atoms with Crippen molar-refractivity contribution in [1.82, 2.24) is 0 Å². The SMILES string of the molecule is O=C(O)CCC/C=C\C[C@H]1C(=O)C[C@@H](O)[C@@H]1c1ccc(C(O)C2CCCCC2)cc1. The van der Waals surface area contributed by atoms with Gasteiger partial charge < -0.3 is 15.3 Å². The van der Waals surface area contributed by atoms with Crippen molar-refractivity contribution in [2.75, 3.05) is 0 Å². The monoisotopic (exact) mass is 414 g/mol. The van der Waals surface area contributed by atoms with Crippen LogP contribution in [0.2, 0.25) is 0 Å². The van der Waals surface area contributed by atoms with Gasteiger partial charge in [0.05, 0.1) is 12.2 Å². The van der Waals surface area contributed by atoms with E-state index in [1.165, 1.54) is 19.3 Å². The van der Waals surface area contributed by atoms with E-state index in [2.05, 4.69) is 0 Å². The van der Waals surface area contributed by atoms with E-state index in [4.69, 9.17) is 5.11 Å². The number of rotatable bonds is 9. The maximum atomic E-state index is 12.4. The molecule has 0 saturated heterocycles. The van der Waals surface area contributed by atoms with Gasteiger partial charge >= 0.3 is 5.97 Å². The van der Waals surface area contributed by atoms with E-state index in [1.54, 1.807) is 0 Å². The number of aliphatic hydroxyl groups is 2. The quantitative estimate of drug-likeness (QED) is 0.407. The molecule has 0 aromatic heterocycles. The van der Waals surface area contributed by atoms with E-state index in [-0.39, 0.29) is 30.5 Å². The molecule has 0 aliphatic heterocycles. The lowest BCUT2D eigenvalue weighted by Gasteiger charge is -2.27. The van der Waals surface area contributed by atoms with Crippen LogP contribution in [0.15, 0.2) is 36.4 Å². The first kappa shape index (κ1) is 22.7. The number of unbranched alkanes of at least 4 members (excludes halogenated alkanes) is 1. The predicted octanol–water partition coefficient (Wildman–Crippen LogP) is 4.54. The summed E-state index contributed by atoms with van der Waals surface area (Å²) in [5.74, 6) is -0.891. The van der Waals surface area contributed by atoms with Crippen LogP contribution in [0.25, 0.3) is 0 Å². The van der Waals surface area contributed by atoms with Crippen molar-refractivity contribution < 1.29 is 24.9 Å². The van der Waals surface area contributed by atoms with E-state index in [1.807, 2.05) is 36.4 Å². The molecular weight excluding hydrogens is 380 g/mol. The number of allylic oxidation sites excluding steroid dienone is 2. The average molecular weight is 415 g/mol. The summed E-state index contributed by atoms with van der Waals surface area (Å²) in [5.41, 5.74) is 1.86. The van der Waals surface area contributed by atoms with Crippen LogP contribution in [0.5, 0.6) is 0 Å². The number of carbonyl (C=O) groups is 2. The summed E-state index contributed by atoms with van der Waals surface area (Å²) in [6.07, 6.45) is 10.6. The molecule has 2 saturated carbocycles. The third-order valence-electron chi connectivity index (χ3n) is 6.75. The second-order valence-electron chi connectivity index (χ2n) is 8.87. The Kier molecular flexibility index (Phi) is 8.23. The van der Waals surface area contributed by atoms with Gasteiger partial charge in [-0.05, 0) is 49.1 Å². The van der Waals surface area contributed by atoms with Crippen molar-refractivity contribution in [2.45, 2.75) is 82.3 Å². The van der Waals surface area contributed by atoms with Gasteiger partial charge in [0.25, 0.3) is 0 Å². The first-order valence-electron chi connectivity index (χ1n) is 11.3. The number of Topliss-reactive ketones (excluding diaryl/α,β-unsaturated/α-hetero) is 1. The van der Waals surface area contributed by atoms with Crippen LogP contribution in [-0.2, 0) is 9.59 Å². The van der Waals surface area contributed by atoms with Crippen molar-refractivity contribution in [2.24, 2.45) is 11.8 Å². The summed E-state index contributed by atoms with van der Waals surface area (Å²) in [6.45, 7) is 0. The molecule has 0 bridgehead atoms. The lowest BCUT2D eigenvalue weighted by atomic mass is 9.81. The van der Waals surface area contributed by atoms with Gasteiger partial charge in [0.2, 0.25) is 0 Å². The molecule has 3 N–H and O–H groups in total. The number of hydrogen-bond donors (Lipinski definition) is 3. The zero-order valence-corrected chi connectivity index (χ0v) is 17.6. The molecule has 2 fully saturated rings. The third kappa shape index (κ3) is 5.79. The molecule has 2 aliphatic rings. The Morgan fingerprint density at radius 3 is 2.47 bits per heavy atom. The average Bonchev–Trinajstić information content (AvgIpc) is 3.03. The molecule has 1 unspecified atom stereocenters. The van der Waals surface area contributed by atoms with Gasteiger partial charge in [-0.1, -0.05) is 55.7 Å². The Morgan fingerprint density at radius 1 is 1.10 bits per heavy atom. The first-order valence-corrected chi connectivity index (χ1v) is 11.3. The molecule has 0 spiro atoms. The Hall–Kier alpha value is -1.98. The number of carboxylic acid groups (broad SMARTS) is 1. The maximum absolute atomic E-state index is 12.4. The molecule has 4 atom stereocenters. The fraction of sp³-hybridized carbons (Fsp3) is 0.600. The maximum Gasteiger partial charge on any atom is 0.303 e. The van der Waals surface area contributed by atoms with Crippen LogP contribution < -0.4 is 0 Å². The smallest absolute Gasteiger partial charge is 0.303 e.